The van der Waals surface area contributed by atoms with Crippen molar-refractivity contribution >= 4 is 5.97 Å². The predicted molar refractivity (Wildman–Crippen MR) is 74.4 cm³/mol. The normalized spacial score (nSPS) is 16.3. The van der Waals surface area contributed by atoms with Crippen molar-refractivity contribution in [3.05, 3.63) is 29.3 Å². The van der Waals surface area contributed by atoms with Crippen LogP contribution in [0.4, 0.5) is 0 Å². The number of benzene rings is 1. The van der Waals surface area contributed by atoms with Crippen molar-refractivity contribution in [2.24, 2.45) is 5.92 Å². The van der Waals surface area contributed by atoms with E-state index in [1.165, 1.54) is 7.11 Å². The zero-order valence-electron chi connectivity index (χ0n) is 12.1. The Morgan fingerprint density at radius 2 is 2.00 bits per heavy atom. The van der Waals surface area contributed by atoms with E-state index in [4.69, 9.17) is 9.47 Å². The molecule has 0 spiro atoms. The molecule has 1 unspecified atom stereocenters. The molecule has 1 aliphatic rings. The first-order valence-electron chi connectivity index (χ1n) is 6.88. The third-order valence-electron chi connectivity index (χ3n) is 3.53. The maximum absolute atomic E-state index is 11.8. The molecule has 1 saturated carbocycles. The standard InChI is InChI=1S/C16H22O3/c1-10(2)13-8-5-11(3)9-14(13)19-15(12-6-7-12)16(17)18-4/h5,8-10,12,15H,6-7H2,1-4H3. The molecule has 3 heteroatoms. The van der Waals surface area contributed by atoms with Crippen molar-refractivity contribution < 1.29 is 14.3 Å². The van der Waals surface area contributed by atoms with Crippen LogP contribution in [-0.4, -0.2) is 19.2 Å². The Morgan fingerprint density at radius 3 is 2.53 bits per heavy atom. The summed E-state index contributed by atoms with van der Waals surface area (Å²) < 4.78 is 10.8. The summed E-state index contributed by atoms with van der Waals surface area (Å²) in [6.07, 6.45) is 1.63. The second-order valence-electron chi connectivity index (χ2n) is 5.60. The van der Waals surface area contributed by atoms with Crippen molar-refractivity contribution in [1.82, 2.24) is 0 Å². The number of ether oxygens (including phenoxy) is 2. The molecule has 0 saturated heterocycles. The van der Waals surface area contributed by atoms with Gasteiger partial charge in [-0.3, -0.25) is 0 Å². The molecule has 0 aromatic heterocycles. The van der Waals surface area contributed by atoms with E-state index in [2.05, 4.69) is 26.0 Å². The number of aryl methyl sites for hydroxylation is 1. The Kier molecular flexibility index (Phi) is 4.13. The number of rotatable bonds is 5. The lowest BCUT2D eigenvalue weighted by Crippen LogP contribution is -2.31. The maximum Gasteiger partial charge on any atom is 0.347 e. The molecule has 104 valence electrons. The molecular weight excluding hydrogens is 240 g/mol. The van der Waals surface area contributed by atoms with Gasteiger partial charge in [0.15, 0.2) is 6.10 Å². The summed E-state index contributed by atoms with van der Waals surface area (Å²) in [5, 5.41) is 0. The fraction of sp³-hybridized carbons (Fsp3) is 0.562. The Hall–Kier alpha value is -1.51. The van der Waals surface area contributed by atoms with Gasteiger partial charge < -0.3 is 9.47 Å². The van der Waals surface area contributed by atoms with Crippen LogP contribution in [0.3, 0.4) is 0 Å². The molecular formula is C16H22O3. The molecule has 0 aliphatic heterocycles. The molecule has 0 radical (unpaired) electrons. The van der Waals surface area contributed by atoms with Crippen LogP contribution in [0.2, 0.25) is 0 Å². The van der Waals surface area contributed by atoms with Crippen LogP contribution < -0.4 is 4.74 Å². The summed E-state index contributed by atoms with van der Waals surface area (Å²) in [6, 6.07) is 6.16. The van der Waals surface area contributed by atoms with E-state index in [9.17, 15) is 4.79 Å². The van der Waals surface area contributed by atoms with Gasteiger partial charge in [-0.15, -0.1) is 0 Å². The lowest BCUT2D eigenvalue weighted by molar-refractivity contribution is -0.149. The van der Waals surface area contributed by atoms with E-state index in [1.807, 2.05) is 13.0 Å². The highest BCUT2D eigenvalue weighted by Gasteiger charge is 2.39. The van der Waals surface area contributed by atoms with Crippen LogP contribution in [0.1, 0.15) is 43.7 Å². The van der Waals surface area contributed by atoms with E-state index in [-0.39, 0.29) is 5.97 Å². The highest BCUT2D eigenvalue weighted by molar-refractivity contribution is 5.76. The third-order valence-corrected chi connectivity index (χ3v) is 3.53. The molecule has 1 fully saturated rings. The van der Waals surface area contributed by atoms with Crippen molar-refractivity contribution in [2.45, 2.75) is 45.6 Å². The number of carbonyl (C=O) groups excluding carboxylic acids is 1. The Morgan fingerprint density at radius 1 is 1.32 bits per heavy atom. The second kappa shape index (κ2) is 5.64. The fourth-order valence-corrected chi connectivity index (χ4v) is 2.21. The van der Waals surface area contributed by atoms with Gasteiger partial charge in [-0.1, -0.05) is 26.0 Å². The average Bonchev–Trinajstić information content (AvgIpc) is 3.19. The summed E-state index contributed by atoms with van der Waals surface area (Å²) in [5.41, 5.74) is 2.28. The van der Waals surface area contributed by atoms with Gasteiger partial charge in [0, 0.05) is 5.92 Å². The van der Waals surface area contributed by atoms with Crippen molar-refractivity contribution in [1.29, 1.82) is 0 Å². The molecule has 0 N–H and O–H groups in total. The van der Waals surface area contributed by atoms with Gasteiger partial charge in [-0.25, -0.2) is 4.79 Å². The van der Waals surface area contributed by atoms with Crippen LogP contribution >= 0.6 is 0 Å². The summed E-state index contributed by atoms with van der Waals surface area (Å²) in [6.45, 7) is 6.28. The zero-order chi connectivity index (χ0) is 14.0. The number of hydrogen-bond donors (Lipinski definition) is 0. The van der Waals surface area contributed by atoms with Gasteiger partial charge in [0.05, 0.1) is 7.11 Å². The second-order valence-corrected chi connectivity index (χ2v) is 5.60. The fourth-order valence-electron chi connectivity index (χ4n) is 2.21. The SMILES string of the molecule is COC(=O)C(Oc1cc(C)ccc1C(C)C)C1CC1. The summed E-state index contributed by atoms with van der Waals surface area (Å²) in [7, 11) is 1.42. The summed E-state index contributed by atoms with van der Waals surface area (Å²) in [5.74, 6) is 1.23. The molecule has 3 nitrogen and oxygen atoms in total. The number of esters is 1. The van der Waals surface area contributed by atoms with E-state index in [1.54, 1.807) is 0 Å². The van der Waals surface area contributed by atoms with Gasteiger partial charge in [0.2, 0.25) is 0 Å². The first-order chi connectivity index (χ1) is 9.02. The van der Waals surface area contributed by atoms with Crippen LogP contribution in [0.5, 0.6) is 5.75 Å². The number of carbonyl (C=O) groups is 1. The minimum absolute atomic E-state index is 0.265. The monoisotopic (exact) mass is 262 g/mol. The molecule has 1 aromatic carbocycles. The molecule has 0 bridgehead atoms. The lowest BCUT2D eigenvalue weighted by atomic mass is 10.0. The first kappa shape index (κ1) is 13.9. The summed E-state index contributed by atoms with van der Waals surface area (Å²) in [4.78, 5) is 11.8. The van der Waals surface area contributed by atoms with E-state index in [0.717, 1.165) is 29.7 Å². The van der Waals surface area contributed by atoms with Crippen LogP contribution in [0, 0.1) is 12.8 Å². The van der Waals surface area contributed by atoms with Crippen molar-refractivity contribution in [3.8, 4) is 5.75 Å². The van der Waals surface area contributed by atoms with Gasteiger partial charge >= 0.3 is 5.97 Å². The third kappa shape index (κ3) is 3.28. The Labute approximate surface area is 114 Å². The molecule has 0 heterocycles. The summed E-state index contributed by atoms with van der Waals surface area (Å²) >= 11 is 0. The van der Waals surface area contributed by atoms with Gasteiger partial charge in [0.1, 0.15) is 5.75 Å². The molecule has 1 aliphatic carbocycles. The Balaban J connectivity index is 2.25. The quantitative estimate of drug-likeness (QED) is 0.762. The highest BCUT2D eigenvalue weighted by Crippen LogP contribution is 2.37. The average molecular weight is 262 g/mol. The first-order valence-corrected chi connectivity index (χ1v) is 6.88. The van der Waals surface area contributed by atoms with E-state index >= 15 is 0 Å². The van der Waals surface area contributed by atoms with Gasteiger partial charge in [-0.05, 0) is 42.9 Å². The molecule has 19 heavy (non-hydrogen) atoms. The number of methoxy groups -OCH3 is 1. The maximum atomic E-state index is 11.8. The molecule has 1 atom stereocenters. The van der Waals surface area contributed by atoms with Crippen LogP contribution in [-0.2, 0) is 9.53 Å². The molecule has 0 amide bonds. The van der Waals surface area contributed by atoms with Crippen molar-refractivity contribution in [3.63, 3.8) is 0 Å². The van der Waals surface area contributed by atoms with Gasteiger partial charge in [-0.2, -0.15) is 0 Å². The predicted octanol–water partition coefficient (Wildman–Crippen LogP) is 3.45. The van der Waals surface area contributed by atoms with Crippen LogP contribution in [0.25, 0.3) is 0 Å². The minimum atomic E-state index is -0.454. The van der Waals surface area contributed by atoms with Gasteiger partial charge in [0.25, 0.3) is 0 Å². The largest absolute Gasteiger partial charge is 0.478 e. The topological polar surface area (TPSA) is 35.5 Å². The number of hydrogen-bond acceptors (Lipinski definition) is 3. The molecule has 1 aromatic rings. The Bertz CT molecular complexity index is 461. The van der Waals surface area contributed by atoms with E-state index < -0.39 is 6.10 Å². The molecule has 2 rings (SSSR count). The minimum Gasteiger partial charge on any atom is -0.478 e. The smallest absolute Gasteiger partial charge is 0.347 e. The van der Waals surface area contributed by atoms with Crippen molar-refractivity contribution in [2.75, 3.05) is 7.11 Å². The zero-order valence-corrected chi connectivity index (χ0v) is 12.1. The van der Waals surface area contributed by atoms with Crippen LogP contribution in [0.15, 0.2) is 18.2 Å². The highest BCUT2D eigenvalue weighted by atomic mass is 16.6. The van der Waals surface area contributed by atoms with E-state index in [0.29, 0.717) is 11.8 Å². The lowest BCUT2D eigenvalue weighted by Gasteiger charge is -2.20.